The highest BCUT2D eigenvalue weighted by molar-refractivity contribution is 7.99. The number of anilines is 1. The molecule has 4 rings (SSSR count). The summed E-state index contributed by atoms with van der Waals surface area (Å²) in [5.41, 5.74) is 1.79. The average molecular weight is 487 g/mol. The molecule has 1 N–H and O–H groups in total. The third-order valence-corrected chi connectivity index (χ3v) is 8.04. The normalized spacial score (nSPS) is 14.8. The molecule has 1 saturated heterocycles. The Morgan fingerprint density at radius 2 is 1.85 bits per heavy atom. The molecule has 0 aliphatic carbocycles. The number of amides is 1. The summed E-state index contributed by atoms with van der Waals surface area (Å²) in [6.07, 6.45) is 4.40. The van der Waals surface area contributed by atoms with Crippen molar-refractivity contribution in [2.45, 2.75) is 36.1 Å². The van der Waals surface area contributed by atoms with Gasteiger partial charge in [-0.3, -0.25) is 9.78 Å². The van der Waals surface area contributed by atoms with Gasteiger partial charge in [0, 0.05) is 18.8 Å². The highest BCUT2D eigenvalue weighted by Crippen LogP contribution is 2.25. The molecule has 1 aliphatic heterocycles. The van der Waals surface area contributed by atoms with Gasteiger partial charge in [0.1, 0.15) is 10.8 Å². The third kappa shape index (κ3) is 5.82. The second kappa shape index (κ2) is 10.5. The molecule has 2 aromatic carbocycles. The van der Waals surface area contributed by atoms with Crippen LogP contribution in [0.15, 0.2) is 58.6 Å². The molecule has 0 unspecified atom stereocenters. The first-order valence-electron chi connectivity index (χ1n) is 10.9. The minimum atomic E-state index is -3.52. The molecule has 1 aromatic heterocycles. The van der Waals surface area contributed by atoms with Gasteiger partial charge in [-0.15, -0.1) is 0 Å². The van der Waals surface area contributed by atoms with Crippen LogP contribution in [-0.4, -0.2) is 54.0 Å². The van der Waals surface area contributed by atoms with Crippen LogP contribution in [0.25, 0.3) is 11.0 Å². The second-order valence-electron chi connectivity index (χ2n) is 7.62. The molecular weight excluding hydrogens is 460 g/mol. The highest BCUT2D eigenvalue weighted by Gasteiger charge is 2.26. The van der Waals surface area contributed by atoms with Crippen LogP contribution < -0.4 is 10.1 Å². The number of thioether (sulfide) groups is 1. The summed E-state index contributed by atoms with van der Waals surface area (Å²) in [6.45, 7) is 3.62. The topological polar surface area (TPSA) is 101 Å². The molecular formula is C23H26N4O4S2. The minimum Gasteiger partial charge on any atom is -0.494 e. The number of fused-ring (bicyclic) bond motifs is 1. The number of sulfonamides is 1. The van der Waals surface area contributed by atoms with Gasteiger partial charge in [-0.1, -0.05) is 18.2 Å². The van der Waals surface area contributed by atoms with Crippen LogP contribution in [0, 0.1) is 0 Å². The van der Waals surface area contributed by atoms with E-state index in [1.165, 1.54) is 16.1 Å². The molecule has 0 radical (unpaired) electrons. The number of aromatic nitrogens is 2. The molecule has 0 bridgehead atoms. The zero-order chi connectivity index (χ0) is 23.3. The summed E-state index contributed by atoms with van der Waals surface area (Å²) in [4.78, 5) is 21.4. The Labute approximate surface area is 197 Å². The molecule has 3 aromatic rings. The first-order valence-corrected chi connectivity index (χ1v) is 13.3. The maximum absolute atomic E-state index is 12.9. The van der Waals surface area contributed by atoms with Crippen LogP contribution in [0.3, 0.4) is 0 Å². The van der Waals surface area contributed by atoms with Crippen molar-refractivity contribution < 1.29 is 17.9 Å². The number of rotatable bonds is 8. The zero-order valence-corrected chi connectivity index (χ0v) is 20.0. The number of nitrogens with one attached hydrogen (secondary N) is 1. The summed E-state index contributed by atoms with van der Waals surface area (Å²) in [5, 5.41) is 3.43. The van der Waals surface area contributed by atoms with Crippen LogP contribution in [-0.2, 0) is 14.8 Å². The molecule has 0 spiro atoms. The van der Waals surface area contributed by atoms with Crippen molar-refractivity contribution >= 4 is 44.4 Å². The Morgan fingerprint density at radius 3 is 2.58 bits per heavy atom. The Balaban J connectivity index is 1.39. The first-order chi connectivity index (χ1) is 16.0. The van der Waals surface area contributed by atoms with Gasteiger partial charge in [0.15, 0.2) is 0 Å². The average Bonchev–Trinajstić information content (AvgIpc) is 2.84. The molecule has 33 heavy (non-hydrogen) atoms. The second-order valence-corrected chi connectivity index (χ2v) is 10.6. The summed E-state index contributed by atoms with van der Waals surface area (Å²) in [6, 6.07) is 12.0. The fourth-order valence-electron chi connectivity index (χ4n) is 3.60. The zero-order valence-electron chi connectivity index (χ0n) is 18.4. The number of carbonyl (C=O) groups excluding carboxylic acids is 1. The van der Waals surface area contributed by atoms with E-state index in [2.05, 4.69) is 15.3 Å². The number of ether oxygens (including phenoxy) is 1. The van der Waals surface area contributed by atoms with E-state index in [0.717, 1.165) is 25.0 Å². The molecule has 0 atom stereocenters. The summed E-state index contributed by atoms with van der Waals surface area (Å²) in [5.74, 6) is 0.770. The Hall–Kier alpha value is -2.69. The lowest BCUT2D eigenvalue weighted by Crippen LogP contribution is -2.35. The van der Waals surface area contributed by atoms with E-state index in [1.807, 2.05) is 6.92 Å². The van der Waals surface area contributed by atoms with E-state index < -0.39 is 10.0 Å². The van der Waals surface area contributed by atoms with Crippen LogP contribution in [0.2, 0.25) is 0 Å². The lowest BCUT2D eigenvalue weighted by molar-refractivity contribution is -0.113. The Morgan fingerprint density at radius 1 is 1.09 bits per heavy atom. The highest BCUT2D eigenvalue weighted by atomic mass is 32.2. The Kier molecular flexibility index (Phi) is 7.46. The van der Waals surface area contributed by atoms with Crippen molar-refractivity contribution in [3.63, 3.8) is 0 Å². The Bertz CT molecular complexity index is 1230. The molecule has 174 valence electrons. The van der Waals surface area contributed by atoms with Crippen molar-refractivity contribution in [2.75, 3.05) is 30.8 Å². The number of piperidine rings is 1. The van der Waals surface area contributed by atoms with Gasteiger partial charge in [0.2, 0.25) is 15.9 Å². The summed E-state index contributed by atoms with van der Waals surface area (Å²) < 4.78 is 32.7. The van der Waals surface area contributed by atoms with E-state index in [9.17, 15) is 13.2 Å². The monoisotopic (exact) mass is 486 g/mol. The van der Waals surface area contributed by atoms with E-state index in [1.54, 1.807) is 48.7 Å². The molecule has 2 heterocycles. The minimum absolute atomic E-state index is 0.158. The largest absolute Gasteiger partial charge is 0.494 e. The molecule has 8 nitrogen and oxygen atoms in total. The summed E-state index contributed by atoms with van der Waals surface area (Å²) in [7, 11) is -3.52. The molecule has 10 heteroatoms. The van der Waals surface area contributed by atoms with Crippen molar-refractivity contribution in [3.05, 3.63) is 48.7 Å². The van der Waals surface area contributed by atoms with Gasteiger partial charge >= 0.3 is 0 Å². The number of benzene rings is 2. The van der Waals surface area contributed by atoms with Crippen LogP contribution in [0.1, 0.15) is 26.2 Å². The lowest BCUT2D eigenvalue weighted by atomic mass is 10.2. The van der Waals surface area contributed by atoms with Crippen LogP contribution in [0.5, 0.6) is 5.75 Å². The van der Waals surface area contributed by atoms with E-state index >= 15 is 0 Å². The van der Waals surface area contributed by atoms with Gasteiger partial charge in [-0.05, 0) is 62.2 Å². The fourth-order valence-corrected chi connectivity index (χ4v) is 5.77. The molecule has 1 aliphatic rings. The third-order valence-electron chi connectivity index (χ3n) is 5.24. The van der Waals surface area contributed by atoms with E-state index in [-0.39, 0.29) is 16.6 Å². The van der Waals surface area contributed by atoms with Crippen molar-refractivity contribution in [1.82, 2.24) is 14.3 Å². The molecule has 1 fully saturated rings. The van der Waals surface area contributed by atoms with Crippen molar-refractivity contribution in [1.29, 1.82) is 0 Å². The SMILES string of the molecule is CCOc1ccc(NC(=O)CSc2cnc3cc(S(=O)(=O)N4CCCCC4)ccc3n2)cc1. The van der Waals surface area contributed by atoms with Crippen molar-refractivity contribution in [2.24, 2.45) is 0 Å². The molecule has 0 saturated carbocycles. The van der Waals surface area contributed by atoms with Gasteiger partial charge in [0.25, 0.3) is 0 Å². The van der Waals surface area contributed by atoms with Crippen LogP contribution in [0.4, 0.5) is 5.69 Å². The van der Waals surface area contributed by atoms with Gasteiger partial charge < -0.3 is 10.1 Å². The van der Waals surface area contributed by atoms with Crippen molar-refractivity contribution in [3.8, 4) is 5.75 Å². The number of hydrogen-bond donors (Lipinski definition) is 1. The predicted molar refractivity (Wildman–Crippen MR) is 129 cm³/mol. The maximum Gasteiger partial charge on any atom is 0.243 e. The number of hydrogen-bond acceptors (Lipinski definition) is 7. The van der Waals surface area contributed by atoms with E-state index in [4.69, 9.17) is 4.74 Å². The predicted octanol–water partition coefficient (Wildman–Crippen LogP) is 3.93. The first kappa shape index (κ1) is 23.5. The smallest absolute Gasteiger partial charge is 0.243 e. The number of nitrogens with zero attached hydrogens (tertiary/aromatic N) is 3. The van der Waals surface area contributed by atoms with Crippen LogP contribution >= 0.6 is 11.8 Å². The van der Waals surface area contributed by atoms with E-state index in [0.29, 0.717) is 41.4 Å². The molecule has 1 amide bonds. The fraction of sp³-hybridized carbons (Fsp3) is 0.348. The van der Waals surface area contributed by atoms with Gasteiger partial charge in [0.05, 0.1) is 34.5 Å². The quantitative estimate of drug-likeness (QED) is 0.481. The number of carbonyl (C=O) groups is 1. The maximum atomic E-state index is 12.9. The van der Waals surface area contributed by atoms with Gasteiger partial charge in [-0.2, -0.15) is 4.31 Å². The summed E-state index contributed by atoms with van der Waals surface area (Å²) >= 11 is 1.27. The van der Waals surface area contributed by atoms with Gasteiger partial charge in [-0.25, -0.2) is 13.4 Å². The lowest BCUT2D eigenvalue weighted by Gasteiger charge is -2.25. The standard InChI is InChI=1S/C23H26N4O4S2/c1-2-31-18-8-6-17(7-9-18)25-22(28)16-32-23-15-24-21-14-19(10-11-20(21)26-23)33(29,30)27-12-4-3-5-13-27/h6-11,14-15H,2-5,12-13,16H2,1H3,(H,25,28).